The molecule has 37 heavy (non-hydrogen) atoms. The molecule has 3 N–H and O–H groups in total. The van der Waals surface area contributed by atoms with E-state index in [0.717, 1.165) is 10.4 Å². The monoisotopic (exact) mass is 575 g/mol. The van der Waals surface area contributed by atoms with Crippen LogP contribution in [0.3, 0.4) is 0 Å². The summed E-state index contributed by atoms with van der Waals surface area (Å²) in [6, 6.07) is 10.6. The zero-order chi connectivity index (χ0) is 26.1. The molecular formula is C24H19Cl2N5O4S2. The molecule has 3 aromatic heterocycles. The maximum absolute atomic E-state index is 6.24. The first-order valence-corrected chi connectivity index (χ1v) is 13.1. The van der Waals surface area contributed by atoms with Crippen LogP contribution in [-0.4, -0.2) is 36.5 Å². The zero-order valence-corrected chi connectivity index (χ0v) is 22.8. The van der Waals surface area contributed by atoms with Crippen molar-refractivity contribution >= 4 is 62.5 Å². The van der Waals surface area contributed by atoms with Gasteiger partial charge in [-0.15, -0.1) is 11.3 Å². The number of methoxy groups -OCH3 is 3. The minimum absolute atomic E-state index is 0.356. The number of thiazole rings is 2. The Morgan fingerprint density at radius 1 is 0.919 bits per heavy atom. The highest BCUT2D eigenvalue weighted by Gasteiger charge is 2.19. The molecule has 2 aromatic carbocycles. The molecule has 0 amide bonds. The van der Waals surface area contributed by atoms with Crippen LogP contribution >= 0.6 is 45.9 Å². The Labute approximate surface area is 229 Å². The summed E-state index contributed by atoms with van der Waals surface area (Å²) in [6.07, 6.45) is 0. The van der Waals surface area contributed by atoms with E-state index in [4.69, 9.17) is 52.7 Å². The molecule has 0 saturated heterocycles. The van der Waals surface area contributed by atoms with E-state index in [2.05, 4.69) is 15.5 Å². The number of nitrogens with one attached hydrogen (secondary N) is 1. The number of nitrogen functional groups attached to an aromatic ring is 1. The molecule has 0 aliphatic carbocycles. The van der Waals surface area contributed by atoms with Crippen molar-refractivity contribution in [1.82, 2.24) is 15.1 Å². The number of hydrogen-bond acceptors (Lipinski definition) is 11. The maximum Gasteiger partial charge on any atom is 0.203 e. The second-order valence-electron chi connectivity index (χ2n) is 7.52. The highest BCUT2D eigenvalue weighted by Crippen LogP contribution is 2.43. The lowest BCUT2D eigenvalue weighted by molar-refractivity contribution is 0.324. The third-order valence-corrected chi connectivity index (χ3v) is 7.97. The number of nitrogens with two attached hydrogens (primary N) is 1. The fraction of sp³-hybridized carbons (Fsp3) is 0.125. The molecule has 0 radical (unpaired) electrons. The summed E-state index contributed by atoms with van der Waals surface area (Å²) in [5, 5.41) is 11.5. The molecule has 5 rings (SSSR count). The van der Waals surface area contributed by atoms with Crippen molar-refractivity contribution in [3.8, 4) is 49.8 Å². The summed E-state index contributed by atoms with van der Waals surface area (Å²) in [5.74, 6) is 2.41. The lowest BCUT2D eigenvalue weighted by Gasteiger charge is -2.14. The minimum atomic E-state index is 0.356. The third-order valence-electron chi connectivity index (χ3n) is 5.25. The van der Waals surface area contributed by atoms with Crippen molar-refractivity contribution in [2.75, 3.05) is 32.4 Å². The van der Waals surface area contributed by atoms with Gasteiger partial charge in [0.05, 0.1) is 31.4 Å². The standard InChI is InChI=1S/C24H19Cl2N5O4S2/c1-32-18-7-12(8-19(33-2)20(18)34-3)28-24-30-22(27)21(37-24)23-29-16(10-36-23)17-9-15(31-35-17)11-4-5-13(25)14(26)6-11/h4-10H,27H2,1-3H3,(H,28,30). The maximum atomic E-state index is 6.24. The van der Waals surface area contributed by atoms with E-state index in [9.17, 15) is 0 Å². The van der Waals surface area contributed by atoms with Crippen LogP contribution in [0.5, 0.6) is 17.2 Å². The Balaban J connectivity index is 1.38. The van der Waals surface area contributed by atoms with Crippen LogP contribution in [0.4, 0.5) is 16.6 Å². The summed E-state index contributed by atoms with van der Waals surface area (Å²) in [5.41, 5.74) is 8.98. The number of ether oxygens (including phenoxy) is 3. The first-order chi connectivity index (χ1) is 17.9. The normalized spacial score (nSPS) is 10.9. The quantitative estimate of drug-likeness (QED) is 0.197. The van der Waals surface area contributed by atoms with Gasteiger partial charge in [0.25, 0.3) is 0 Å². The van der Waals surface area contributed by atoms with Crippen LogP contribution in [0.15, 0.2) is 46.3 Å². The van der Waals surface area contributed by atoms with Crippen molar-refractivity contribution in [3.05, 3.63) is 51.8 Å². The minimum Gasteiger partial charge on any atom is -0.493 e. The summed E-state index contributed by atoms with van der Waals surface area (Å²) in [7, 11) is 4.67. The molecule has 0 aliphatic heterocycles. The third kappa shape index (κ3) is 5.03. The number of aromatic nitrogens is 3. The van der Waals surface area contributed by atoms with Gasteiger partial charge >= 0.3 is 0 Å². The predicted molar refractivity (Wildman–Crippen MR) is 148 cm³/mol. The zero-order valence-electron chi connectivity index (χ0n) is 19.7. The SMILES string of the molecule is COc1cc(Nc2nc(N)c(-c3nc(-c4cc(-c5ccc(Cl)c(Cl)c5)no4)cs3)s2)cc(OC)c1OC. The van der Waals surface area contributed by atoms with Gasteiger partial charge in [0.15, 0.2) is 22.4 Å². The van der Waals surface area contributed by atoms with Crippen molar-refractivity contribution in [1.29, 1.82) is 0 Å². The Hall–Kier alpha value is -3.51. The van der Waals surface area contributed by atoms with E-state index in [1.807, 2.05) is 11.4 Å². The van der Waals surface area contributed by atoms with Gasteiger partial charge in [0.1, 0.15) is 27.1 Å². The topological polar surface area (TPSA) is 118 Å². The summed E-state index contributed by atoms with van der Waals surface area (Å²) >= 11 is 14.9. The molecule has 190 valence electrons. The number of benzene rings is 2. The van der Waals surface area contributed by atoms with Gasteiger partial charge in [-0.1, -0.05) is 45.8 Å². The molecule has 0 fully saturated rings. The fourth-order valence-electron chi connectivity index (χ4n) is 3.49. The van der Waals surface area contributed by atoms with Gasteiger partial charge in [-0.2, -0.15) is 0 Å². The Bertz CT molecular complexity index is 1560. The molecule has 0 aliphatic rings. The first-order valence-electron chi connectivity index (χ1n) is 10.6. The molecule has 3 heterocycles. The average molecular weight is 576 g/mol. The number of hydrogen-bond donors (Lipinski definition) is 2. The fourth-order valence-corrected chi connectivity index (χ4v) is 5.61. The largest absolute Gasteiger partial charge is 0.493 e. The van der Waals surface area contributed by atoms with Gasteiger partial charge in [-0.25, -0.2) is 9.97 Å². The smallest absolute Gasteiger partial charge is 0.203 e. The molecule has 0 unspecified atom stereocenters. The van der Waals surface area contributed by atoms with Crippen molar-refractivity contribution in [2.45, 2.75) is 0 Å². The Kier molecular flexibility index (Phi) is 7.11. The molecule has 5 aromatic rings. The van der Waals surface area contributed by atoms with Crippen LogP contribution < -0.4 is 25.3 Å². The molecule has 0 atom stereocenters. The molecule has 0 spiro atoms. The Morgan fingerprint density at radius 3 is 2.35 bits per heavy atom. The molecule has 13 heteroatoms. The van der Waals surface area contributed by atoms with Crippen LogP contribution in [0.25, 0.3) is 32.6 Å². The van der Waals surface area contributed by atoms with E-state index in [0.29, 0.717) is 66.1 Å². The van der Waals surface area contributed by atoms with Crippen LogP contribution in [0.1, 0.15) is 0 Å². The summed E-state index contributed by atoms with van der Waals surface area (Å²) < 4.78 is 21.7. The van der Waals surface area contributed by atoms with E-state index in [1.54, 1.807) is 51.7 Å². The molecule has 0 bridgehead atoms. The van der Waals surface area contributed by atoms with Gasteiger partial charge in [-0.3, -0.25) is 0 Å². The van der Waals surface area contributed by atoms with Gasteiger partial charge in [0, 0.05) is 34.8 Å². The summed E-state index contributed by atoms with van der Waals surface area (Å²) in [6.45, 7) is 0. The second-order valence-corrected chi connectivity index (χ2v) is 10.2. The number of anilines is 3. The predicted octanol–water partition coefficient (Wildman–Crippen LogP) is 7.25. The molecule has 0 saturated carbocycles. The van der Waals surface area contributed by atoms with Gasteiger partial charge in [-0.05, 0) is 12.1 Å². The molecular weight excluding hydrogens is 557 g/mol. The van der Waals surface area contributed by atoms with Crippen LogP contribution in [-0.2, 0) is 0 Å². The lowest BCUT2D eigenvalue weighted by Crippen LogP contribution is -1.97. The second kappa shape index (κ2) is 10.5. The van der Waals surface area contributed by atoms with E-state index >= 15 is 0 Å². The van der Waals surface area contributed by atoms with Crippen molar-refractivity contribution in [2.24, 2.45) is 0 Å². The van der Waals surface area contributed by atoms with E-state index in [-0.39, 0.29) is 0 Å². The van der Waals surface area contributed by atoms with Crippen molar-refractivity contribution < 1.29 is 18.7 Å². The average Bonchev–Trinajstić information content (AvgIpc) is 3.65. The van der Waals surface area contributed by atoms with E-state index < -0.39 is 0 Å². The van der Waals surface area contributed by atoms with Gasteiger partial charge < -0.3 is 29.8 Å². The van der Waals surface area contributed by atoms with E-state index in [1.165, 1.54) is 22.7 Å². The van der Waals surface area contributed by atoms with Crippen LogP contribution in [0, 0.1) is 0 Å². The molecule has 9 nitrogen and oxygen atoms in total. The Morgan fingerprint density at radius 2 is 1.68 bits per heavy atom. The van der Waals surface area contributed by atoms with Gasteiger partial charge in [0.2, 0.25) is 5.75 Å². The number of halogens is 2. The number of rotatable bonds is 8. The summed E-state index contributed by atoms with van der Waals surface area (Å²) in [4.78, 5) is 9.88. The number of nitrogens with zero attached hydrogens (tertiary/aromatic N) is 3. The first kappa shape index (κ1) is 25.2. The highest BCUT2D eigenvalue weighted by molar-refractivity contribution is 7.23. The highest BCUT2D eigenvalue weighted by atomic mass is 35.5. The lowest BCUT2D eigenvalue weighted by atomic mass is 10.1. The van der Waals surface area contributed by atoms with Crippen LogP contribution in [0.2, 0.25) is 10.0 Å². The van der Waals surface area contributed by atoms with Crippen molar-refractivity contribution in [3.63, 3.8) is 0 Å².